The second-order valence-electron chi connectivity index (χ2n) is 7.92. The summed E-state index contributed by atoms with van der Waals surface area (Å²) in [7, 11) is 0. The van der Waals surface area contributed by atoms with Gasteiger partial charge in [0.05, 0.1) is 5.41 Å². The molecule has 1 unspecified atom stereocenters. The summed E-state index contributed by atoms with van der Waals surface area (Å²) < 4.78 is 17.9. The maximum Gasteiger partial charge on any atom is 0.308 e. The van der Waals surface area contributed by atoms with Gasteiger partial charge in [0.15, 0.2) is 11.5 Å². The Bertz CT molecular complexity index is 856. The topological polar surface area (TPSA) is 61.8 Å². The number of ether oxygens (including phenoxy) is 3. The van der Waals surface area contributed by atoms with Gasteiger partial charge in [-0.2, -0.15) is 0 Å². The van der Waals surface area contributed by atoms with Crippen LogP contribution in [-0.2, 0) is 26.2 Å². The van der Waals surface area contributed by atoms with Crippen LogP contribution in [0.4, 0.5) is 0 Å². The molecule has 1 aromatic rings. The van der Waals surface area contributed by atoms with Crippen molar-refractivity contribution >= 4 is 11.9 Å². The molecule has 3 aliphatic carbocycles. The Hall–Kier alpha value is -2.30. The number of carbonyl (C=O) groups excluding carboxylic acids is 2. The molecule has 5 heteroatoms. The molecule has 0 saturated heterocycles. The predicted molar refractivity (Wildman–Crippen MR) is 93.1 cm³/mol. The predicted octanol–water partition coefficient (Wildman–Crippen LogP) is 3.23. The van der Waals surface area contributed by atoms with Crippen LogP contribution in [0.1, 0.15) is 50.7 Å². The molecule has 1 fully saturated rings. The molecule has 4 aliphatic rings. The van der Waals surface area contributed by atoms with Crippen molar-refractivity contribution in [2.24, 2.45) is 5.92 Å². The zero-order valence-corrected chi connectivity index (χ0v) is 15.0. The largest absolute Gasteiger partial charge is 0.485 e. The van der Waals surface area contributed by atoms with E-state index in [0.717, 1.165) is 37.7 Å². The zero-order chi connectivity index (χ0) is 18.1. The standard InChI is InChI=1S/C21H22O5/c1-12(22)24-16-8-7-14-11-15-5-3-9-20-17(25-19(16)18(14)20)6-4-10-21(15,20)26-13(2)23/h4,7-8,10,15,17H,3,5-6,9,11H2,1-2H3/t15-,17+,20?,21-/m1/s1. The maximum absolute atomic E-state index is 12.1. The fourth-order valence-corrected chi connectivity index (χ4v) is 6.02. The first-order valence-electron chi connectivity index (χ1n) is 9.36. The van der Waals surface area contributed by atoms with Gasteiger partial charge < -0.3 is 14.2 Å². The number of esters is 2. The fraction of sp³-hybridized carbons (Fsp3) is 0.524. The van der Waals surface area contributed by atoms with Gasteiger partial charge in [0, 0.05) is 31.7 Å². The highest BCUT2D eigenvalue weighted by atomic mass is 16.6. The van der Waals surface area contributed by atoms with E-state index in [4.69, 9.17) is 14.2 Å². The van der Waals surface area contributed by atoms with Crippen LogP contribution < -0.4 is 9.47 Å². The highest BCUT2D eigenvalue weighted by Gasteiger charge is 2.70. The van der Waals surface area contributed by atoms with Crippen molar-refractivity contribution in [2.45, 2.75) is 63.1 Å². The van der Waals surface area contributed by atoms with E-state index in [1.807, 2.05) is 6.07 Å². The normalized spacial score (nSPS) is 35.3. The summed E-state index contributed by atoms with van der Waals surface area (Å²) in [6.45, 7) is 2.88. The van der Waals surface area contributed by atoms with Crippen LogP contribution in [0.5, 0.6) is 11.5 Å². The second kappa shape index (κ2) is 5.12. The minimum absolute atomic E-state index is 0.0968. The first-order valence-corrected chi connectivity index (χ1v) is 9.36. The average Bonchev–Trinajstić information content (AvgIpc) is 2.89. The molecule has 1 spiro atoms. The lowest BCUT2D eigenvalue weighted by Crippen LogP contribution is -2.67. The maximum atomic E-state index is 12.1. The summed E-state index contributed by atoms with van der Waals surface area (Å²) in [5, 5.41) is 0. The number of hydrogen-bond donors (Lipinski definition) is 0. The van der Waals surface area contributed by atoms with Crippen LogP contribution in [0.25, 0.3) is 0 Å². The first-order chi connectivity index (χ1) is 12.5. The molecule has 2 bridgehead atoms. The van der Waals surface area contributed by atoms with Crippen LogP contribution in [-0.4, -0.2) is 23.6 Å². The molecule has 5 nitrogen and oxygen atoms in total. The summed E-state index contributed by atoms with van der Waals surface area (Å²) in [5.41, 5.74) is 1.30. The summed E-state index contributed by atoms with van der Waals surface area (Å²) in [6.07, 6.45) is 8.75. The molecule has 1 aliphatic heterocycles. The lowest BCUT2D eigenvalue weighted by atomic mass is 9.47. The Morgan fingerprint density at radius 1 is 1.23 bits per heavy atom. The van der Waals surface area contributed by atoms with Gasteiger partial charge in [0.2, 0.25) is 0 Å². The van der Waals surface area contributed by atoms with Gasteiger partial charge in [0.25, 0.3) is 0 Å². The van der Waals surface area contributed by atoms with E-state index in [9.17, 15) is 9.59 Å². The van der Waals surface area contributed by atoms with Crippen LogP contribution >= 0.6 is 0 Å². The monoisotopic (exact) mass is 354 g/mol. The number of rotatable bonds is 2. The number of benzene rings is 1. The lowest BCUT2D eigenvalue weighted by molar-refractivity contribution is -0.182. The van der Waals surface area contributed by atoms with E-state index >= 15 is 0 Å². The molecular weight excluding hydrogens is 332 g/mol. The van der Waals surface area contributed by atoms with Crippen molar-refractivity contribution in [3.05, 3.63) is 35.4 Å². The Morgan fingerprint density at radius 3 is 2.85 bits per heavy atom. The third-order valence-electron chi connectivity index (χ3n) is 6.64. The van der Waals surface area contributed by atoms with Crippen molar-refractivity contribution in [3.8, 4) is 11.5 Å². The van der Waals surface area contributed by atoms with Gasteiger partial charge in [-0.15, -0.1) is 0 Å². The summed E-state index contributed by atoms with van der Waals surface area (Å²) >= 11 is 0. The van der Waals surface area contributed by atoms with Gasteiger partial charge in [-0.1, -0.05) is 18.6 Å². The average molecular weight is 354 g/mol. The Labute approximate surface area is 152 Å². The Kier molecular flexibility index (Phi) is 3.13. The third kappa shape index (κ3) is 1.76. The minimum atomic E-state index is -0.660. The SMILES string of the molecule is CC(=O)Oc1ccc2c3c1O[C@H]1CC=C[C@@]4(OC(C)=O)[C@H](CCCC314)C2. The minimum Gasteiger partial charge on any atom is -0.485 e. The van der Waals surface area contributed by atoms with Crippen LogP contribution in [0.3, 0.4) is 0 Å². The van der Waals surface area contributed by atoms with Crippen molar-refractivity contribution in [2.75, 3.05) is 0 Å². The van der Waals surface area contributed by atoms with E-state index in [1.165, 1.54) is 19.4 Å². The second-order valence-corrected chi connectivity index (χ2v) is 7.92. The first kappa shape index (κ1) is 15.9. The van der Waals surface area contributed by atoms with Crippen LogP contribution in [0, 0.1) is 5.92 Å². The molecule has 0 radical (unpaired) electrons. The van der Waals surface area contributed by atoms with Crippen molar-refractivity contribution in [1.82, 2.24) is 0 Å². The molecule has 0 amide bonds. The van der Waals surface area contributed by atoms with Gasteiger partial charge in [0.1, 0.15) is 11.7 Å². The summed E-state index contributed by atoms with van der Waals surface area (Å²) in [6, 6.07) is 3.89. The van der Waals surface area contributed by atoms with Gasteiger partial charge in [-0.05, 0) is 37.0 Å². The molecule has 4 atom stereocenters. The highest BCUT2D eigenvalue weighted by Crippen LogP contribution is 2.67. The van der Waals surface area contributed by atoms with E-state index in [1.54, 1.807) is 0 Å². The number of hydrogen-bond acceptors (Lipinski definition) is 5. The van der Waals surface area contributed by atoms with E-state index in [-0.39, 0.29) is 29.4 Å². The molecule has 0 N–H and O–H groups in total. The third-order valence-corrected chi connectivity index (χ3v) is 6.64. The molecule has 26 heavy (non-hydrogen) atoms. The molecular formula is C21H22O5. The smallest absolute Gasteiger partial charge is 0.308 e. The molecule has 1 heterocycles. The molecule has 1 saturated carbocycles. The van der Waals surface area contributed by atoms with Crippen LogP contribution in [0.2, 0.25) is 0 Å². The quantitative estimate of drug-likeness (QED) is 0.464. The fourth-order valence-electron chi connectivity index (χ4n) is 6.02. The number of carbonyl (C=O) groups is 2. The molecule has 136 valence electrons. The highest BCUT2D eigenvalue weighted by molar-refractivity contribution is 5.73. The molecule has 0 aromatic heterocycles. The summed E-state index contributed by atoms with van der Waals surface area (Å²) in [5.74, 6) is 0.776. The van der Waals surface area contributed by atoms with Gasteiger partial charge >= 0.3 is 11.9 Å². The summed E-state index contributed by atoms with van der Waals surface area (Å²) in [4.78, 5) is 23.6. The van der Waals surface area contributed by atoms with Gasteiger partial charge in [-0.3, -0.25) is 9.59 Å². The van der Waals surface area contributed by atoms with Crippen LogP contribution in [0.15, 0.2) is 24.3 Å². The van der Waals surface area contributed by atoms with E-state index in [2.05, 4.69) is 18.2 Å². The van der Waals surface area contributed by atoms with Gasteiger partial charge in [-0.25, -0.2) is 0 Å². The van der Waals surface area contributed by atoms with Crippen molar-refractivity contribution in [3.63, 3.8) is 0 Å². The van der Waals surface area contributed by atoms with E-state index < -0.39 is 5.60 Å². The lowest BCUT2D eigenvalue weighted by Gasteiger charge is -2.59. The zero-order valence-electron chi connectivity index (χ0n) is 15.0. The van der Waals surface area contributed by atoms with E-state index in [0.29, 0.717) is 11.5 Å². The van der Waals surface area contributed by atoms with Crippen molar-refractivity contribution in [1.29, 1.82) is 0 Å². The Morgan fingerprint density at radius 2 is 2.08 bits per heavy atom. The Balaban J connectivity index is 1.79. The molecule has 1 aromatic carbocycles. The molecule has 5 rings (SSSR count). The van der Waals surface area contributed by atoms with Crippen molar-refractivity contribution < 1.29 is 23.8 Å².